The van der Waals surface area contributed by atoms with Gasteiger partial charge in [0.25, 0.3) is 0 Å². The maximum absolute atomic E-state index is 13.8. The Morgan fingerprint density at radius 2 is 1.74 bits per heavy atom. The predicted octanol–water partition coefficient (Wildman–Crippen LogP) is 3.42. The number of benzene rings is 1. The van der Waals surface area contributed by atoms with Gasteiger partial charge in [0.15, 0.2) is 17.0 Å². The molecule has 1 aromatic carbocycles. The average molecular weight is 471 g/mol. The fourth-order valence-corrected chi connectivity index (χ4v) is 5.27. The third kappa shape index (κ3) is 2.93. The van der Waals surface area contributed by atoms with Gasteiger partial charge in [-0.25, -0.2) is 9.69 Å². The van der Waals surface area contributed by atoms with Crippen LogP contribution in [-0.4, -0.2) is 62.4 Å². The lowest BCUT2D eigenvalue weighted by molar-refractivity contribution is -0.137. The van der Waals surface area contributed by atoms with Crippen LogP contribution < -0.4 is 14.5 Å². The molecule has 11 heteroatoms. The van der Waals surface area contributed by atoms with E-state index in [4.69, 9.17) is 5.11 Å². The molecule has 0 aromatic heterocycles. The minimum atomic E-state index is -1.54. The van der Waals surface area contributed by atoms with Crippen molar-refractivity contribution in [2.45, 2.75) is 45.3 Å². The molecule has 4 rings (SSSR count). The van der Waals surface area contributed by atoms with E-state index in [0.29, 0.717) is 5.69 Å². The topological polar surface area (TPSA) is 139 Å². The van der Waals surface area contributed by atoms with Gasteiger partial charge in [0.1, 0.15) is 5.69 Å². The smallest absolute Gasteiger partial charge is 0.481 e. The number of hydrogen-bond donors (Lipinski definition) is 3. The van der Waals surface area contributed by atoms with Gasteiger partial charge in [-0.2, -0.15) is 9.80 Å². The number of aliphatic carboxylic acids is 1. The summed E-state index contributed by atoms with van der Waals surface area (Å²) in [6, 6.07) is 4.83. The number of amides is 2. The summed E-state index contributed by atoms with van der Waals surface area (Å²) in [5.41, 5.74) is -0.508. The molecule has 0 saturated carbocycles. The molecule has 0 aliphatic carbocycles. The number of carboxylic acids is 1. The largest absolute Gasteiger partial charge is 0.546 e. The van der Waals surface area contributed by atoms with Crippen LogP contribution in [0.5, 0.6) is 0 Å². The van der Waals surface area contributed by atoms with Crippen LogP contribution in [0.15, 0.2) is 42.8 Å². The molecule has 0 saturated heterocycles. The van der Waals surface area contributed by atoms with Crippen LogP contribution in [0.1, 0.15) is 33.6 Å². The summed E-state index contributed by atoms with van der Waals surface area (Å²) in [7, 11) is 0. The number of carbonyl (C=O) groups is 4. The molecule has 1 aromatic rings. The lowest BCUT2D eigenvalue weighted by atomic mass is 9.84. The second-order valence-corrected chi connectivity index (χ2v) is 8.85. The van der Waals surface area contributed by atoms with Gasteiger partial charge in [-0.3, -0.25) is 9.59 Å². The van der Waals surface area contributed by atoms with E-state index in [1.54, 1.807) is 68.4 Å². The molecule has 3 N–H and O–H groups in total. The lowest BCUT2D eigenvalue weighted by Crippen LogP contribution is -2.77. The molecule has 3 heterocycles. The monoisotopic (exact) mass is 471 g/mol. The molecule has 0 spiro atoms. The number of Topliss-reactive ketones (excluding diaryl/α,β-unsaturated/α-hetero) is 1. The Morgan fingerprint density at radius 1 is 1.09 bits per heavy atom. The van der Waals surface area contributed by atoms with Crippen LogP contribution in [-0.2, 0) is 9.59 Å². The first kappa shape index (κ1) is 23.3. The molecule has 2 atom stereocenters. The van der Waals surface area contributed by atoms with E-state index >= 15 is 0 Å². The number of carboxylic acid groups (broad SMARTS) is 3. The first-order valence-electron chi connectivity index (χ1n) is 11.0. The van der Waals surface area contributed by atoms with Crippen LogP contribution >= 0.6 is 0 Å². The minimum Gasteiger partial charge on any atom is -0.481 e. The number of anilines is 2. The van der Waals surface area contributed by atoms with Crippen LogP contribution in [0.25, 0.3) is 0 Å². The number of fused-ring (bicyclic) bond motifs is 1. The van der Waals surface area contributed by atoms with Crippen LogP contribution in [0, 0.1) is 5.92 Å². The van der Waals surface area contributed by atoms with Crippen molar-refractivity contribution in [1.29, 1.82) is 0 Å². The molecular formula is C23H27N4O7+. The molecular weight excluding hydrogens is 444 g/mol. The zero-order chi connectivity index (χ0) is 25.0. The zero-order valence-corrected chi connectivity index (χ0v) is 19.1. The van der Waals surface area contributed by atoms with Crippen molar-refractivity contribution in [3.8, 4) is 0 Å². The number of rotatable bonds is 7. The van der Waals surface area contributed by atoms with E-state index in [-0.39, 0.29) is 36.5 Å². The molecule has 180 valence electrons. The molecule has 0 fully saturated rings. The second kappa shape index (κ2) is 7.87. The number of hydrogen-bond acceptors (Lipinski definition) is 6. The third-order valence-electron chi connectivity index (χ3n) is 6.63. The summed E-state index contributed by atoms with van der Waals surface area (Å²) in [5.74, 6) is -1.72. The molecule has 2 unspecified atom stereocenters. The van der Waals surface area contributed by atoms with E-state index in [0.717, 1.165) is 4.90 Å². The summed E-state index contributed by atoms with van der Waals surface area (Å²) in [6.07, 6.45) is 2.77. The van der Waals surface area contributed by atoms with Gasteiger partial charge in [-0.1, -0.05) is 25.4 Å². The molecule has 2 amide bonds. The Bertz CT molecular complexity index is 1130. The lowest BCUT2D eigenvalue weighted by Gasteiger charge is -2.48. The standard InChI is InChI=1S/C23H26N4O7/c1-4-18-25(21(31)32)16-6-5-15-13-17(16)27(18,22(33)34)26(15)23(20(30)14(2)3)8-11-24(12-9-23)10-7-19(28)29/h5-6,8-9,11-14,18H,4,7,10H2,1-3H3,(H2-,28,29,31,32,33,34)/p+1. The number of nitrogens with zero attached hydrogens (tertiary/aromatic N) is 4. The van der Waals surface area contributed by atoms with E-state index in [2.05, 4.69) is 0 Å². The highest BCUT2D eigenvalue weighted by molar-refractivity contribution is 6.08. The summed E-state index contributed by atoms with van der Waals surface area (Å²) in [6.45, 7) is 5.32. The Labute approximate surface area is 195 Å². The van der Waals surface area contributed by atoms with Crippen molar-refractivity contribution in [3.63, 3.8) is 0 Å². The second-order valence-electron chi connectivity index (χ2n) is 8.85. The highest BCUT2D eigenvalue weighted by Gasteiger charge is 2.70. The first-order chi connectivity index (χ1) is 16.0. The zero-order valence-electron chi connectivity index (χ0n) is 19.1. The van der Waals surface area contributed by atoms with Gasteiger partial charge in [-0.15, -0.1) is 0 Å². The molecule has 3 aliphatic heterocycles. The van der Waals surface area contributed by atoms with Crippen LogP contribution in [0.4, 0.5) is 26.7 Å². The maximum Gasteiger partial charge on any atom is 0.546 e. The quantitative estimate of drug-likeness (QED) is 0.511. The third-order valence-corrected chi connectivity index (χ3v) is 6.63. The molecule has 34 heavy (non-hydrogen) atoms. The number of quaternary nitrogens is 1. The van der Waals surface area contributed by atoms with Gasteiger partial charge < -0.3 is 20.2 Å². The summed E-state index contributed by atoms with van der Waals surface area (Å²) >= 11 is 0. The Balaban J connectivity index is 1.92. The van der Waals surface area contributed by atoms with Crippen molar-refractivity contribution in [2.24, 2.45) is 5.92 Å². The van der Waals surface area contributed by atoms with E-state index in [1.807, 2.05) is 0 Å². The van der Waals surface area contributed by atoms with Crippen molar-refractivity contribution in [2.75, 3.05) is 16.5 Å². The van der Waals surface area contributed by atoms with Gasteiger partial charge in [0, 0.05) is 37.3 Å². The number of carbonyl (C=O) groups excluding carboxylic acids is 1. The minimum absolute atomic E-state index is 0.117. The fourth-order valence-electron chi connectivity index (χ4n) is 5.27. The van der Waals surface area contributed by atoms with Gasteiger partial charge in [0.2, 0.25) is 6.17 Å². The maximum atomic E-state index is 13.8. The van der Waals surface area contributed by atoms with Crippen molar-refractivity contribution < 1.29 is 34.5 Å². The van der Waals surface area contributed by atoms with Gasteiger partial charge in [0.05, 0.1) is 12.1 Å². The van der Waals surface area contributed by atoms with Crippen LogP contribution in [0.2, 0.25) is 0 Å². The van der Waals surface area contributed by atoms with E-state index in [1.165, 1.54) is 5.01 Å². The number of ketones is 1. The van der Waals surface area contributed by atoms with E-state index in [9.17, 15) is 29.4 Å². The summed E-state index contributed by atoms with van der Waals surface area (Å²) in [4.78, 5) is 52.7. The molecule has 2 bridgehead atoms. The van der Waals surface area contributed by atoms with Crippen molar-refractivity contribution >= 4 is 41.0 Å². The van der Waals surface area contributed by atoms with Gasteiger partial charge >= 0.3 is 18.2 Å². The summed E-state index contributed by atoms with van der Waals surface area (Å²) < 4.78 is -0.872. The average Bonchev–Trinajstić information content (AvgIpc) is 3.22. The first-order valence-corrected chi connectivity index (χ1v) is 11.0. The molecule has 3 aliphatic rings. The molecule has 0 radical (unpaired) electrons. The summed E-state index contributed by atoms with van der Waals surface area (Å²) in [5, 5.41) is 31.1. The highest BCUT2D eigenvalue weighted by Crippen LogP contribution is 2.57. The normalized spacial score (nSPS) is 23.6. The van der Waals surface area contributed by atoms with Gasteiger partial charge in [-0.05, 0) is 24.3 Å². The van der Waals surface area contributed by atoms with E-state index < -0.39 is 40.4 Å². The van der Waals surface area contributed by atoms with Crippen molar-refractivity contribution in [3.05, 3.63) is 42.8 Å². The Morgan fingerprint density at radius 3 is 2.24 bits per heavy atom. The fraction of sp³-hybridized carbons (Fsp3) is 0.391. The predicted molar refractivity (Wildman–Crippen MR) is 123 cm³/mol. The molecule has 11 nitrogen and oxygen atoms in total. The SMILES string of the molecule is CCC1N(C(=O)O)c2ccc3cc2[N+]1(C(=O)O)N3C1(C(=O)C(C)C)C=CN(CCC(=O)O)C=C1. The Hall–Kier alpha value is -3.86. The van der Waals surface area contributed by atoms with Crippen molar-refractivity contribution in [1.82, 2.24) is 9.49 Å². The highest BCUT2D eigenvalue weighted by atomic mass is 16.4. The Kier molecular flexibility index (Phi) is 5.40. The van der Waals surface area contributed by atoms with Crippen LogP contribution in [0.3, 0.4) is 0 Å².